The quantitative estimate of drug-likeness (QED) is 0.566. The van der Waals surface area contributed by atoms with E-state index in [9.17, 15) is 9.90 Å². The number of allylic oxidation sites excluding steroid dienone is 2. The summed E-state index contributed by atoms with van der Waals surface area (Å²) >= 11 is 0. The van der Waals surface area contributed by atoms with Crippen molar-refractivity contribution in [3.8, 4) is 0 Å². The number of ether oxygens (including phenoxy) is 1. The molecule has 2 aliphatic rings. The minimum Gasteiger partial charge on any atom is -0.469 e. The minimum absolute atomic E-state index is 0.0709. The molecule has 0 spiro atoms. The summed E-state index contributed by atoms with van der Waals surface area (Å²) in [6, 6.07) is 0. The van der Waals surface area contributed by atoms with Crippen LogP contribution < -0.4 is 0 Å². The van der Waals surface area contributed by atoms with E-state index >= 15 is 0 Å². The van der Waals surface area contributed by atoms with Crippen LogP contribution in [0.5, 0.6) is 0 Å². The van der Waals surface area contributed by atoms with Crippen LogP contribution in [0.2, 0.25) is 0 Å². The molecule has 3 nitrogen and oxygen atoms in total. The zero-order valence-corrected chi connectivity index (χ0v) is 16.5. The van der Waals surface area contributed by atoms with Crippen LogP contribution in [0.15, 0.2) is 11.1 Å². The number of carbonyl (C=O) groups excluding carboxylic acids is 1. The van der Waals surface area contributed by atoms with E-state index in [1.807, 2.05) is 0 Å². The topological polar surface area (TPSA) is 46.5 Å². The van der Waals surface area contributed by atoms with Crippen LogP contribution in [0, 0.1) is 16.7 Å². The molecule has 0 aromatic carbocycles. The maximum atomic E-state index is 11.5. The average Bonchev–Trinajstić information content (AvgIpc) is 2.44. The molecule has 0 amide bonds. The van der Waals surface area contributed by atoms with Crippen molar-refractivity contribution in [2.75, 3.05) is 7.11 Å². The highest BCUT2D eigenvalue weighted by molar-refractivity contribution is 5.70. The molecule has 0 bridgehead atoms. The van der Waals surface area contributed by atoms with Crippen LogP contribution >= 0.6 is 0 Å². The van der Waals surface area contributed by atoms with E-state index in [1.165, 1.54) is 44.8 Å². The van der Waals surface area contributed by atoms with Crippen LogP contribution in [0.3, 0.4) is 0 Å². The van der Waals surface area contributed by atoms with Crippen LogP contribution in [0.25, 0.3) is 0 Å². The Morgan fingerprint density at radius 2 is 2.00 bits per heavy atom. The smallest absolute Gasteiger partial charge is 0.308 e. The summed E-state index contributed by atoms with van der Waals surface area (Å²) in [5.41, 5.74) is 2.73. The second-order valence-corrected chi connectivity index (χ2v) is 9.36. The van der Waals surface area contributed by atoms with Crippen molar-refractivity contribution in [3.63, 3.8) is 0 Å². The Kier molecular flexibility index (Phi) is 5.54. The van der Waals surface area contributed by atoms with E-state index in [-0.39, 0.29) is 17.8 Å². The lowest BCUT2D eigenvalue weighted by atomic mass is 9.50. The first kappa shape index (κ1) is 19.5. The molecule has 0 saturated heterocycles. The summed E-state index contributed by atoms with van der Waals surface area (Å²) in [6.45, 7) is 11.3. The summed E-state index contributed by atoms with van der Waals surface area (Å²) in [5, 5.41) is 10.6. The van der Waals surface area contributed by atoms with Crippen LogP contribution in [0.1, 0.15) is 86.0 Å². The summed E-state index contributed by atoms with van der Waals surface area (Å²) in [7, 11) is 1.38. The minimum atomic E-state index is -0.992. The van der Waals surface area contributed by atoms with Crippen molar-refractivity contribution in [1.29, 1.82) is 0 Å². The van der Waals surface area contributed by atoms with E-state index in [0.29, 0.717) is 11.8 Å². The lowest BCUT2D eigenvalue weighted by molar-refractivity contribution is -0.145. The Bertz CT molecular complexity index is 515. The number of hydrogen-bond acceptors (Lipinski definition) is 3. The van der Waals surface area contributed by atoms with Crippen molar-refractivity contribution in [1.82, 2.24) is 0 Å². The Morgan fingerprint density at radius 1 is 1.33 bits per heavy atom. The Labute approximate surface area is 147 Å². The number of esters is 1. The molecule has 1 N–H and O–H groups in total. The van der Waals surface area contributed by atoms with Gasteiger partial charge in [-0.2, -0.15) is 0 Å². The third kappa shape index (κ3) is 3.87. The molecule has 2 aliphatic carbocycles. The fourth-order valence-electron chi connectivity index (χ4n) is 5.56. The van der Waals surface area contributed by atoms with Gasteiger partial charge in [0.15, 0.2) is 0 Å². The number of aliphatic hydroxyl groups is 1. The van der Waals surface area contributed by atoms with Gasteiger partial charge in [-0.25, -0.2) is 0 Å². The lowest BCUT2D eigenvalue weighted by Gasteiger charge is -2.55. The summed E-state index contributed by atoms with van der Waals surface area (Å²) < 4.78 is 4.72. The molecule has 0 aliphatic heterocycles. The van der Waals surface area contributed by atoms with Crippen molar-refractivity contribution >= 4 is 5.97 Å². The van der Waals surface area contributed by atoms with Gasteiger partial charge in [0.2, 0.25) is 0 Å². The predicted molar refractivity (Wildman–Crippen MR) is 97.7 cm³/mol. The average molecular weight is 337 g/mol. The van der Waals surface area contributed by atoms with E-state index in [2.05, 4.69) is 27.7 Å². The second kappa shape index (κ2) is 6.82. The first-order valence-electron chi connectivity index (χ1n) is 9.50. The molecule has 2 rings (SSSR count). The van der Waals surface area contributed by atoms with Gasteiger partial charge in [-0.05, 0) is 69.1 Å². The lowest BCUT2D eigenvalue weighted by Crippen LogP contribution is -2.45. The summed E-state index contributed by atoms with van der Waals surface area (Å²) in [6.07, 6.45) is 7.91. The van der Waals surface area contributed by atoms with E-state index < -0.39 is 5.60 Å². The van der Waals surface area contributed by atoms with Gasteiger partial charge >= 0.3 is 5.97 Å². The fraction of sp³-hybridized carbons (Fsp3) is 0.857. The van der Waals surface area contributed by atoms with Gasteiger partial charge in [0.1, 0.15) is 0 Å². The summed E-state index contributed by atoms with van der Waals surface area (Å²) in [4.78, 5) is 11.5. The first-order chi connectivity index (χ1) is 11.0. The molecule has 3 atom stereocenters. The highest BCUT2D eigenvalue weighted by Gasteiger charge is 2.50. The Hall–Kier alpha value is -0.830. The van der Waals surface area contributed by atoms with Crippen molar-refractivity contribution in [2.45, 2.75) is 91.6 Å². The molecular formula is C21H36O3. The number of fused-ring (bicyclic) bond motifs is 1. The van der Waals surface area contributed by atoms with Gasteiger partial charge in [0.05, 0.1) is 19.1 Å². The SMILES string of the molecule is COC(=O)CC(C)(O)CCC1=C(C)CCC2C(C)(C)CCCC12C. The standard InChI is InChI=1S/C21H36O3/c1-15-8-9-17-19(2,3)11-7-12-21(17,5)16(15)10-13-20(4,23)14-18(22)24-6/h17,23H,7-14H2,1-6H3. The molecular weight excluding hydrogens is 300 g/mol. The number of rotatable bonds is 5. The van der Waals surface area contributed by atoms with Crippen molar-refractivity contribution in [2.24, 2.45) is 16.7 Å². The van der Waals surface area contributed by atoms with E-state index in [1.54, 1.807) is 12.5 Å². The van der Waals surface area contributed by atoms with Gasteiger partial charge in [0.25, 0.3) is 0 Å². The number of carbonyl (C=O) groups is 1. The molecule has 0 aromatic rings. The highest BCUT2D eigenvalue weighted by atomic mass is 16.5. The largest absolute Gasteiger partial charge is 0.469 e. The molecule has 24 heavy (non-hydrogen) atoms. The van der Waals surface area contributed by atoms with Crippen LogP contribution in [-0.2, 0) is 9.53 Å². The monoisotopic (exact) mass is 336 g/mol. The maximum Gasteiger partial charge on any atom is 0.308 e. The third-order valence-electron chi connectivity index (χ3n) is 6.91. The first-order valence-corrected chi connectivity index (χ1v) is 9.50. The van der Waals surface area contributed by atoms with E-state index in [0.717, 1.165) is 12.3 Å². The molecule has 0 radical (unpaired) electrons. The molecule has 3 unspecified atom stereocenters. The number of methoxy groups -OCH3 is 1. The number of hydrogen-bond donors (Lipinski definition) is 1. The highest BCUT2D eigenvalue weighted by Crippen LogP contribution is 2.60. The third-order valence-corrected chi connectivity index (χ3v) is 6.91. The molecule has 1 saturated carbocycles. The zero-order valence-electron chi connectivity index (χ0n) is 16.5. The molecule has 1 fully saturated rings. The molecule has 0 heterocycles. The van der Waals surface area contributed by atoms with Gasteiger partial charge < -0.3 is 9.84 Å². The zero-order chi connectivity index (χ0) is 18.2. The maximum absolute atomic E-state index is 11.5. The second-order valence-electron chi connectivity index (χ2n) is 9.36. The van der Waals surface area contributed by atoms with Crippen molar-refractivity contribution < 1.29 is 14.6 Å². The fourth-order valence-corrected chi connectivity index (χ4v) is 5.56. The van der Waals surface area contributed by atoms with Gasteiger partial charge in [-0.1, -0.05) is 38.3 Å². The molecule has 3 heteroatoms. The molecule has 138 valence electrons. The van der Waals surface area contributed by atoms with Crippen LogP contribution in [0.4, 0.5) is 0 Å². The van der Waals surface area contributed by atoms with Gasteiger partial charge in [0, 0.05) is 0 Å². The Morgan fingerprint density at radius 3 is 2.62 bits per heavy atom. The van der Waals surface area contributed by atoms with Gasteiger partial charge in [-0.15, -0.1) is 0 Å². The van der Waals surface area contributed by atoms with Crippen molar-refractivity contribution in [3.05, 3.63) is 11.1 Å². The normalized spacial score (nSPS) is 32.0. The van der Waals surface area contributed by atoms with E-state index in [4.69, 9.17) is 4.74 Å². The van der Waals surface area contributed by atoms with Gasteiger partial charge in [-0.3, -0.25) is 4.79 Å². The molecule has 0 aromatic heterocycles. The van der Waals surface area contributed by atoms with Crippen LogP contribution in [-0.4, -0.2) is 23.8 Å². The predicted octanol–water partition coefficient (Wildman–Crippen LogP) is 5.02. The Balaban J connectivity index is 2.17. The summed E-state index contributed by atoms with van der Waals surface area (Å²) in [5.74, 6) is 0.389.